The van der Waals surface area contributed by atoms with Gasteiger partial charge in [0.25, 0.3) is 0 Å². The molecule has 1 atom stereocenters. The maximum Gasteiger partial charge on any atom is 0.125 e. The molecule has 4 rings (SSSR count). The summed E-state index contributed by atoms with van der Waals surface area (Å²) >= 11 is 0. The minimum Gasteiger partial charge on any atom is -0.496 e. The van der Waals surface area contributed by atoms with Gasteiger partial charge in [0.2, 0.25) is 0 Å². The first-order valence-corrected chi connectivity index (χ1v) is 8.88. The zero-order valence-electron chi connectivity index (χ0n) is 15.7. The maximum atomic E-state index is 5.75. The zero-order valence-corrected chi connectivity index (χ0v) is 15.7. The van der Waals surface area contributed by atoms with Gasteiger partial charge in [-0.15, -0.1) is 0 Å². The van der Waals surface area contributed by atoms with Gasteiger partial charge in [-0.25, -0.2) is 0 Å². The van der Waals surface area contributed by atoms with Gasteiger partial charge in [0.1, 0.15) is 5.75 Å². The standard InChI is InChI=1S/C23H24N2O/c1-24(2)17-13-14-18-20(15-17)25(3)19-11-8-12-21(26-4)23(19)22(18)16-9-6-5-7-10-16/h5-15,22H,1-4H3. The summed E-state index contributed by atoms with van der Waals surface area (Å²) in [4.78, 5) is 4.42. The van der Waals surface area contributed by atoms with E-state index >= 15 is 0 Å². The van der Waals surface area contributed by atoms with Crippen molar-refractivity contribution in [3.63, 3.8) is 0 Å². The van der Waals surface area contributed by atoms with Gasteiger partial charge in [-0.1, -0.05) is 42.5 Å². The molecule has 0 bridgehead atoms. The molecule has 26 heavy (non-hydrogen) atoms. The van der Waals surface area contributed by atoms with Crippen LogP contribution in [0.5, 0.6) is 5.75 Å². The predicted octanol–water partition coefficient (Wildman–Crippen LogP) is 5.02. The van der Waals surface area contributed by atoms with Crippen molar-refractivity contribution in [2.45, 2.75) is 5.92 Å². The number of anilines is 3. The van der Waals surface area contributed by atoms with Crippen LogP contribution >= 0.6 is 0 Å². The molecule has 0 saturated heterocycles. The lowest BCUT2D eigenvalue weighted by Crippen LogP contribution is -2.23. The quantitative estimate of drug-likeness (QED) is 0.663. The van der Waals surface area contributed by atoms with Crippen LogP contribution in [0.25, 0.3) is 0 Å². The Hall–Kier alpha value is -2.94. The highest BCUT2D eigenvalue weighted by Gasteiger charge is 2.32. The van der Waals surface area contributed by atoms with Crippen LogP contribution in [0.1, 0.15) is 22.6 Å². The maximum absolute atomic E-state index is 5.75. The lowest BCUT2D eigenvalue weighted by Gasteiger charge is -2.37. The highest BCUT2D eigenvalue weighted by atomic mass is 16.5. The van der Waals surface area contributed by atoms with E-state index in [1.54, 1.807) is 7.11 Å². The summed E-state index contributed by atoms with van der Waals surface area (Å²) in [5.41, 5.74) is 7.46. The lowest BCUT2D eigenvalue weighted by atomic mass is 9.80. The highest BCUT2D eigenvalue weighted by Crippen LogP contribution is 2.51. The van der Waals surface area contributed by atoms with Crippen molar-refractivity contribution in [2.24, 2.45) is 0 Å². The molecule has 0 aromatic heterocycles. The predicted molar refractivity (Wildman–Crippen MR) is 109 cm³/mol. The Morgan fingerprint density at radius 2 is 1.65 bits per heavy atom. The van der Waals surface area contributed by atoms with Gasteiger partial charge in [0.05, 0.1) is 7.11 Å². The summed E-state index contributed by atoms with van der Waals surface area (Å²) in [6, 6.07) is 23.7. The first kappa shape index (κ1) is 16.5. The number of hydrogen-bond acceptors (Lipinski definition) is 3. The summed E-state index contributed by atoms with van der Waals surface area (Å²) in [5, 5.41) is 0. The van der Waals surface area contributed by atoms with E-state index in [-0.39, 0.29) is 5.92 Å². The van der Waals surface area contributed by atoms with Gasteiger partial charge < -0.3 is 14.5 Å². The van der Waals surface area contributed by atoms with Gasteiger partial charge >= 0.3 is 0 Å². The van der Waals surface area contributed by atoms with Crippen molar-refractivity contribution in [1.29, 1.82) is 0 Å². The summed E-state index contributed by atoms with van der Waals surface area (Å²) in [7, 11) is 8.05. The SMILES string of the molecule is COc1cccc2c1C(c1ccccc1)c1ccc(N(C)C)cc1N2C. The van der Waals surface area contributed by atoms with Crippen LogP contribution in [0.4, 0.5) is 17.1 Å². The van der Waals surface area contributed by atoms with Crippen LogP contribution in [-0.2, 0) is 0 Å². The lowest BCUT2D eigenvalue weighted by molar-refractivity contribution is 0.409. The minimum atomic E-state index is 0.157. The van der Waals surface area contributed by atoms with Gasteiger partial charge in [0.15, 0.2) is 0 Å². The molecule has 0 N–H and O–H groups in total. The molecule has 1 aliphatic heterocycles. The third-order valence-electron chi connectivity index (χ3n) is 5.25. The fraction of sp³-hybridized carbons (Fsp3) is 0.217. The minimum absolute atomic E-state index is 0.157. The molecule has 3 nitrogen and oxygen atoms in total. The van der Waals surface area contributed by atoms with E-state index in [4.69, 9.17) is 4.74 Å². The van der Waals surface area contributed by atoms with Crippen LogP contribution in [0.15, 0.2) is 66.7 Å². The van der Waals surface area contributed by atoms with E-state index < -0.39 is 0 Å². The molecule has 3 aromatic carbocycles. The van der Waals surface area contributed by atoms with Crippen LogP contribution in [0.2, 0.25) is 0 Å². The molecule has 132 valence electrons. The highest BCUT2D eigenvalue weighted by molar-refractivity contribution is 5.81. The van der Waals surface area contributed by atoms with Crippen LogP contribution in [0, 0.1) is 0 Å². The van der Waals surface area contributed by atoms with Gasteiger partial charge in [-0.2, -0.15) is 0 Å². The van der Waals surface area contributed by atoms with Gasteiger partial charge in [-0.3, -0.25) is 0 Å². The normalized spacial score (nSPS) is 15.2. The summed E-state index contributed by atoms with van der Waals surface area (Å²) in [6.45, 7) is 0. The molecule has 1 heterocycles. The van der Waals surface area contributed by atoms with Crippen molar-refractivity contribution < 1.29 is 4.74 Å². The molecular formula is C23H24N2O. The first-order chi connectivity index (χ1) is 12.6. The summed E-state index contributed by atoms with van der Waals surface area (Å²) in [6.07, 6.45) is 0. The molecule has 0 spiro atoms. The summed E-state index contributed by atoms with van der Waals surface area (Å²) < 4.78 is 5.75. The number of nitrogens with zero attached hydrogens (tertiary/aromatic N) is 2. The second-order valence-corrected chi connectivity index (χ2v) is 6.93. The Morgan fingerprint density at radius 3 is 2.35 bits per heavy atom. The fourth-order valence-electron chi connectivity index (χ4n) is 3.91. The Labute approximate surface area is 155 Å². The topological polar surface area (TPSA) is 15.7 Å². The van der Waals surface area contributed by atoms with E-state index in [1.807, 2.05) is 0 Å². The van der Waals surface area contributed by atoms with E-state index in [1.165, 1.54) is 33.8 Å². The molecular weight excluding hydrogens is 320 g/mol. The molecule has 0 aliphatic carbocycles. The number of hydrogen-bond donors (Lipinski definition) is 0. The molecule has 1 aliphatic rings. The van der Waals surface area contributed by atoms with Crippen LogP contribution in [-0.4, -0.2) is 28.3 Å². The van der Waals surface area contributed by atoms with E-state index in [0.29, 0.717) is 0 Å². The molecule has 0 saturated carbocycles. The van der Waals surface area contributed by atoms with Crippen molar-refractivity contribution in [3.8, 4) is 5.75 Å². The zero-order chi connectivity index (χ0) is 18.3. The first-order valence-electron chi connectivity index (χ1n) is 8.88. The molecule has 0 amide bonds. The fourth-order valence-corrected chi connectivity index (χ4v) is 3.91. The van der Waals surface area contributed by atoms with Crippen LogP contribution < -0.4 is 14.5 Å². The second kappa shape index (κ2) is 6.41. The Balaban J connectivity index is 2.01. The van der Waals surface area contributed by atoms with Crippen molar-refractivity contribution in [1.82, 2.24) is 0 Å². The van der Waals surface area contributed by atoms with Gasteiger partial charge in [0, 0.05) is 49.7 Å². The van der Waals surface area contributed by atoms with E-state index in [9.17, 15) is 0 Å². The van der Waals surface area contributed by atoms with Crippen molar-refractivity contribution in [3.05, 3.63) is 83.4 Å². The number of rotatable bonds is 3. The Morgan fingerprint density at radius 1 is 0.885 bits per heavy atom. The average molecular weight is 344 g/mol. The third-order valence-corrected chi connectivity index (χ3v) is 5.25. The third kappa shape index (κ3) is 2.51. The molecule has 1 unspecified atom stereocenters. The molecule has 0 radical (unpaired) electrons. The summed E-state index contributed by atoms with van der Waals surface area (Å²) in [5.74, 6) is 1.09. The number of ether oxygens (including phenoxy) is 1. The number of methoxy groups -OCH3 is 1. The van der Waals surface area contributed by atoms with E-state index in [0.717, 1.165) is 5.75 Å². The van der Waals surface area contributed by atoms with Crippen molar-refractivity contribution in [2.75, 3.05) is 38.1 Å². The Kier molecular flexibility index (Phi) is 4.08. The molecule has 3 aromatic rings. The second-order valence-electron chi connectivity index (χ2n) is 6.93. The smallest absolute Gasteiger partial charge is 0.125 e. The number of fused-ring (bicyclic) bond motifs is 2. The van der Waals surface area contributed by atoms with E-state index in [2.05, 4.69) is 97.7 Å². The average Bonchev–Trinajstić information content (AvgIpc) is 2.68. The van der Waals surface area contributed by atoms with Crippen LogP contribution in [0.3, 0.4) is 0 Å². The molecule has 0 fully saturated rings. The Bertz CT molecular complexity index is 934. The van der Waals surface area contributed by atoms with Crippen molar-refractivity contribution >= 4 is 17.1 Å². The monoisotopic (exact) mass is 344 g/mol. The van der Waals surface area contributed by atoms with Gasteiger partial charge in [-0.05, 0) is 35.4 Å². The number of benzene rings is 3. The largest absolute Gasteiger partial charge is 0.496 e. The molecule has 3 heteroatoms.